The van der Waals surface area contributed by atoms with Gasteiger partial charge in [-0.2, -0.15) is 4.98 Å². The number of nitrogens with zero attached hydrogens (tertiary/aromatic N) is 6. The van der Waals surface area contributed by atoms with Crippen LogP contribution < -0.4 is 19.9 Å². The summed E-state index contributed by atoms with van der Waals surface area (Å²) in [6.07, 6.45) is 1.65. The average molecular weight is 395 g/mol. The number of aromatic amines is 1. The van der Waals surface area contributed by atoms with E-state index < -0.39 is 0 Å². The van der Waals surface area contributed by atoms with Gasteiger partial charge in [0.25, 0.3) is 5.56 Å². The largest absolute Gasteiger partial charge is 0.486 e. The molecule has 0 saturated heterocycles. The van der Waals surface area contributed by atoms with Gasteiger partial charge in [-0.3, -0.25) is 4.79 Å². The Labute approximate surface area is 161 Å². The maximum Gasteiger partial charge on any atom is 0.282 e. The SMILES string of the molecule is O=c1nc(N(Cc2nnn[nH]2)c2ccc3c(c2)OCCO3)sc2ncccc12. The molecule has 0 spiro atoms. The molecule has 4 aromatic rings. The quantitative estimate of drug-likeness (QED) is 0.550. The van der Waals surface area contributed by atoms with Gasteiger partial charge in [-0.1, -0.05) is 11.3 Å². The molecule has 3 aromatic heterocycles. The Morgan fingerprint density at radius 1 is 1.18 bits per heavy atom. The lowest BCUT2D eigenvalue weighted by Crippen LogP contribution is -2.22. The highest BCUT2D eigenvalue weighted by molar-refractivity contribution is 7.21. The molecule has 4 heterocycles. The fraction of sp³-hybridized carbons (Fsp3) is 0.176. The Bertz CT molecular complexity index is 1200. The van der Waals surface area contributed by atoms with E-state index in [2.05, 4.69) is 30.6 Å². The summed E-state index contributed by atoms with van der Waals surface area (Å²) in [5.74, 6) is 1.84. The first-order valence-corrected chi connectivity index (χ1v) is 9.25. The summed E-state index contributed by atoms with van der Waals surface area (Å²) in [6.45, 7) is 1.28. The number of H-pyrrole nitrogens is 1. The summed E-state index contributed by atoms with van der Waals surface area (Å²) in [7, 11) is 0. The third-order valence-corrected chi connectivity index (χ3v) is 5.17. The Kier molecular flexibility index (Phi) is 4.05. The Morgan fingerprint density at radius 2 is 2.07 bits per heavy atom. The zero-order valence-electron chi connectivity index (χ0n) is 14.4. The first-order valence-electron chi connectivity index (χ1n) is 8.43. The fourth-order valence-corrected chi connectivity index (χ4v) is 3.83. The van der Waals surface area contributed by atoms with E-state index in [0.717, 1.165) is 5.69 Å². The molecule has 0 saturated carbocycles. The van der Waals surface area contributed by atoms with Gasteiger partial charge in [0.15, 0.2) is 22.5 Å². The molecule has 5 rings (SSSR count). The maximum atomic E-state index is 12.5. The minimum atomic E-state index is -0.338. The highest BCUT2D eigenvalue weighted by Gasteiger charge is 2.20. The summed E-state index contributed by atoms with van der Waals surface area (Å²) in [4.78, 5) is 23.5. The minimum Gasteiger partial charge on any atom is -0.486 e. The molecule has 1 aliphatic rings. The van der Waals surface area contributed by atoms with Crippen molar-refractivity contribution in [2.24, 2.45) is 0 Å². The summed E-state index contributed by atoms with van der Waals surface area (Å²) < 4.78 is 11.3. The lowest BCUT2D eigenvalue weighted by atomic mass is 10.2. The van der Waals surface area contributed by atoms with Crippen molar-refractivity contribution >= 4 is 32.4 Å². The lowest BCUT2D eigenvalue weighted by Gasteiger charge is -2.24. The second-order valence-corrected chi connectivity index (χ2v) is 6.88. The highest BCUT2D eigenvalue weighted by atomic mass is 32.1. The Hall–Kier alpha value is -3.60. The average Bonchev–Trinajstić information content (AvgIpc) is 3.25. The number of nitrogens with one attached hydrogen (secondary N) is 1. The van der Waals surface area contributed by atoms with Gasteiger partial charge in [0.2, 0.25) is 0 Å². The van der Waals surface area contributed by atoms with Crippen molar-refractivity contribution in [3.05, 3.63) is 52.7 Å². The molecule has 1 aromatic carbocycles. The number of aromatic nitrogens is 6. The number of pyridine rings is 1. The van der Waals surface area contributed by atoms with Crippen LogP contribution in [0.25, 0.3) is 10.2 Å². The van der Waals surface area contributed by atoms with Crippen LogP contribution in [-0.2, 0) is 6.54 Å². The molecule has 10 nitrogen and oxygen atoms in total. The van der Waals surface area contributed by atoms with Gasteiger partial charge in [-0.15, -0.1) is 5.10 Å². The van der Waals surface area contributed by atoms with Gasteiger partial charge in [-0.05, 0) is 34.7 Å². The topological polar surface area (TPSA) is 119 Å². The van der Waals surface area contributed by atoms with Crippen molar-refractivity contribution < 1.29 is 9.47 Å². The highest BCUT2D eigenvalue weighted by Crippen LogP contribution is 2.37. The lowest BCUT2D eigenvalue weighted by molar-refractivity contribution is 0.171. The normalized spacial score (nSPS) is 12.9. The van der Waals surface area contributed by atoms with Crippen molar-refractivity contribution in [2.45, 2.75) is 6.54 Å². The second-order valence-electron chi connectivity index (χ2n) is 5.92. The summed E-state index contributed by atoms with van der Waals surface area (Å²) >= 11 is 1.31. The first-order chi connectivity index (χ1) is 13.8. The van der Waals surface area contributed by atoms with E-state index >= 15 is 0 Å². The van der Waals surface area contributed by atoms with E-state index in [1.165, 1.54) is 11.3 Å². The van der Waals surface area contributed by atoms with Crippen LogP contribution in [0.1, 0.15) is 5.82 Å². The summed E-state index contributed by atoms with van der Waals surface area (Å²) in [6, 6.07) is 8.99. The second kappa shape index (κ2) is 6.85. The predicted molar refractivity (Wildman–Crippen MR) is 101 cm³/mol. The number of rotatable bonds is 4. The van der Waals surface area contributed by atoms with Crippen molar-refractivity contribution in [2.75, 3.05) is 18.1 Å². The zero-order chi connectivity index (χ0) is 18.9. The molecular formula is C17H13N7O3S. The summed E-state index contributed by atoms with van der Waals surface area (Å²) in [5.41, 5.74) is 0.425. The van der Waals surface area contributed by atoms with E-state index in [9.17, 15) is 4.79 Å². The van der Waals surface area contributed by atoms with E-state index in [1.54, 1.807) is 18.3 Å². The number of hydrogen-bond donors (Lipinski definition) is 1. The van der Waals surface area contributed by atoms with Gasteiger partial charge in [0, 0.05) is 18.0 Å². The van der Waals surface area contributed by atoms with Crippen molar-refractivity contribution in [3.8, 4) is 11.5 Å². The molecule has 0 fully saturated rings. The molecule has 0 bridgehead atoms. The van der Waals surface area contributed by atoms with Crippen LogP contribution in [0, 0.1) is 0 Å². The van der Waals surface area contributed by atoms with Gasteiger partial charge in [0.1, 0.15) is 18.0 Å². The molecule has 0 amide bonds. The number of hydrogen-bond acceptors (Lipinski definition) is 10. The van der Waals surface area contributed by atoms with Gasteiger partial charge < -0.3 is 14.4 Å². The van der Waals surface area contributed by atoms with Crippen LogP contribution in [-0.4, -0.2) is 43.8 Å². The third kappa shape index (κ3) is 3.01. The minimum absolute atomic E-state index is 0.286. The predicted octanol–water partition coefficient (Wildman–Crippen LogP) is 1.67. The number of anilines is 2. The molecular weight excluding hydrogens is 382 g/mol. The molecule has 0 radical (unpaired) electrons. The first kappa shape index (κ1) is 16.6. The summed E-state index contributed by atoms with van der Waals surface area (Å²) in [5, 5.41) is 14.9. The van der Waals surface area contributed by atoms with Gasteiger partial charge in [0.05, 0.1) is 11.9 Å². The molecule has 0 unspecified atom stereocenters. The van der Waals surface area contributed by atoms with E-state index in [1.807, 2.05) is 23.1 Å². The zero-order valence-corrected chi connectivity index (χ0v) is 15.2. The molecule has 28 heavy (non-hydrogen) atoms. The van der Waals surface area contributed by atoms with Crippen molar-refractivity contribution in [3.63, 3.8) is 0 Å². The van der Waals surface area contributed by atoms with E-state index in [0.29, 0.717) is 45.9 Å². The standard InChI is InChI=1S/C17H13N7O3S/c25-15-11-2-1-5-18-16(11)28-17(19-15)24(9-14-20-22-23-21-14)10-3-4-12-13(8-10)27-7-6-26-12/h1-5,8H,6-7,9H2,(H,20,21,22,23). The van der Waals surface area contributed by atoms with Crippen LogP contribution in [0.4, 0.5) is 10.8 Å². The van der Waals surface area contributed by atoms with Gasteiger partial charge in [-0.25, -0.2) is 10.1 Å². The fourth-order valence-electron chi connectivity index (χ4n) is 2.87. The number of fused-ring (bicyclic) bond motifs is 2. The number of tetrazole rings is 1. The molecule has 11 heteroatoms. The van der Waals surface area contributed by atoms with Crippen LogP contribution in [0.15, 0.2) is 41.3 Å². The van der Waals surface area contributed by atoms with Crippen molar-refractivity contribution in [1.29, 1.82) is 0 Å². The third-order valence-electron chi connectivity index (χ3n) is 4.15. The van der Waals surface area contributed by atoms with Crippen LogP contribution in [0.5, 0.6) is 11.5 Å². The molecule has 140 valence electrons. The number of ether oxygens (including phenoxy) is 2. The smallest absolute Gasteiger partial charge is 0.282 e. The maximum absolute atomic E-state index is 12.5. The molecule has 0 aliphatic carbocycles. The monoisotopic (exact) mass is 395 g/mol. The Morgan fingerprint density at radius 3 is 2.93 bits per heavy atom. The van der Waals surface area contributed by atoms with Crippen LogP contribution >= 0.6 is 11.3 Å². The van der Waals surface area contributed by atoms with Crippen LogP contribution in [0.2, 0.25) is 0 Å². The van der Waals surface area contributed by atoms with Gasteiger partial charge >= 0.3 is 0 Å². The van der Waals surface area contributed by atoms with Crippen molar-refractivity contribution in [1.82, 2.24) is 30.6 Å². The van der Waals surface area contributed by atoms with Crippen LogP contribution in [0.3, 0.4) is 0 Å². The number of benzene rings is 1. The van der Waals surface area contributed by atoms with E-state index in [4.69, 9.17) is 9.47 Å². The molecule has 0 atom stereocenters. The molecule has 1 aliphatic heterocycles. The Balaban J connectivity index is 1.64. The van der Waals surface area contributed by atoms with E-state index in [-0.39, 0.29) is 12.1 Å². The molecule has 1 N–H and O–H groups in total.